The van der Waals surface area contributed by atoms with Crippen molar-refractivity contribution in [3.05, 3.63) is 58.6 Å². The van der Waals surface area contributed by atoms with Crippen molar-refractivity contribution >= 4 is 17.7 Å². The van der Waals surface area contributed by atoms with Crippen LogP contribution in [0, 0.1) is 17.8 Å². The second-order valence-corrected chi connectivity index (χ2v) is 10.1. The zero-order chi connectivity index (χ0) is 19.5. The lowest BCUT2D eigenvalue weighted by atomic mass is 9.88. The van der Waals surface area contributed by atoms with Crippen molar-refractivity contribution in [2.75, 3.05) is 13.1 Å². The van der Waals surface area contributed by atoms with Gasteiger partial charge in [0.25, 0.3) is 0 Å². The molecule has 0 radical (unpaired) electrons. The second-order valence-electron chi connectivity index (χ2n) is 8.72. The van der Waals surface area contributed by atoms with Gasteiger partial charge in [-0.05, 0) is 61.5 Å². The van der Waals surface area contributed by atoms with Gasteiger partial charge in [0.05, 0.1) is 10.6 Å². The first-order valence-corrected chi connectivity index (χ1v) is 11.6. The number of benzene rings is 1. The molecule has 1 aromatic carbocycles. The van der Waals surface area contributed by atoms with E-state index in [0.717, 1.165) is 48.7 Å². The molecule has 2 saturated carbocycles. The molecule has 3 nitrogen and oxygen atoms in total. The minimum Gasteiger partial charge on any atom is -0.478 e. The standard InChI is InChI=1S/C24H31NO2S/c1-17(9-10-18-6-3-2-4-7-18)28-23-22(24(26)27)8-5-13-25(23)16-21-15-19-11-12-20(21)14-19/h2-8,17,19-21H,9-16H2,1H3,(H,26,27). The first-order chi connectivity index (χ1) is 13.6. The molecule has 0 spiro atoms. The van der Waals surface area contributed by atoms with Gasteiger partial charge in [-0.1, -0.05) is 49.8 Å². The van der Waals surface area contributed by atoms with Crippen LogP contribution in [0.15, 0.2) is 53.1 Å². The van der Waals surface area contributed by atoms with E-state index in [9.17, 15) is 9.90 Å². The van der Waals surface area contributed by atoms with Crippen LogP contribution in [-0.4, -0.2) is 34.3 Å². The molecule has 2 bridgehead atoms. The minimum atomic E-state index is -0.799. The van der Waals surface area contributed by atoms with Crippen LogP contribution in [0.25, 0.3) is 0 Å². The van der Waals surface area contributed by atoms with E-state index < -0.39 is 5.97 Å². The fraction of sp³-hybridized carbons (Fsp3) is 0.542. The first kappa shape index (κ1) is 19.6. The van der Waals surface area contributed by atoms with Crippen LogP contribution in [-0.2, 0) is 11.2 Å². The third-order valence-electron chi connectivity index (χ3n) is 6.69. The van der Waals surface area contributed by atoms with Crippen molar-refractivity contribution in [2.24, 2.45) is 17.8 Å². The van der Waals surface area contributed by atoms with Crippen LogP contribution >= 0.6 is 11.8 Å². The summed E-state index contributed by atoms with van der Waals surface area (Å²) in [5.41, 5.74) is 1.83. The summed E-state index contributed by atoms with van der Waals surface area (Å²) in [6.07, 6.45) is 11.5. The molecule has 1 aromatic rings. The van der Waals surface area contributed by atoms with E-state index in [0.29, 0.717) is 10.8 Å². The minimum absolute atomic E-state index is 0.388. The van der Waals surface area contributed by atoms with Gasteiger partial charge in [-0.15, -0.1) is 11.8 Å². The Hall–Kier alpha value is -1.68. The Morgan fingerprint density at radius 1 is 1.25 bits per heavy atom. The smallest absolute Gasteiger partial charge is 0.338 e. The van der Waals surface area contributed by atoms with E-state index in [2.05, 4.69) is 36.1 Å². The molecule has 0 amide bonds. The van der Waals surface area contributed by atoms with Crippen molar-refractivity contribution in [3.8, 4) is 0 Å². The zero-order valence-electron chi connectivity index (χ0n) is 16.7. The number of rotatable bonds is 8. The third kappa shape index (κ3) is 4.48. The van der Waals surface area contributed by atoms with E-state index in [4.69, 9.17) is 0 Å². The highest BCUT2D eigenvalue weighted by atomic mass is 32.2. The Morgan fingerprint density at radius 2 is 2.07 bits per heavy atom. The fourth-order valence-electron chi connectivity index (χ4n) is 5.23. The van der Waals surface area contributed by atoms with Crippen LogP contribution in [0.4, 0.5) is 0 Å². The Balaban J connectivity index is 1.43. The number of thioether (sulfide) groups is 1. The molecule has 2 aliphatic carbocycles. The van der Waals surface area contributed by atoms with Crippen LogP contribution in [0.5, 0.6) is 0 Å². The first-order valence-electron chi connectivity index (χ1n) is 10.7. The summed E-state index contributed by atoms with van der Waals surface area (Å²) in [7, 11) is 0. The number of nitrogens with zero attached hydrogens (tertiary/aromatic N) is 1. The maximum absolute atomic E-state index is 11.9. The maximum Gasteiger partial charge on any atom is 0.338 e. The van der Waals surface area contributed by atoms with Gasteiger partial charge in [0.1, 0.15) is 0 Å². The molecule has 4 heteroatoms. The number of hydrogen-bond acceptors (Lipinski definition) is 3. The van der Waals surface area contributed by atoms with Crippen LogP contribution < -0.4 is 0 Å². The van der Waals surface area contributed by atoms with Gasteiger partial charge >= 0.3 is 5.97 Å². The van der Waals surface area contributed by atoms with Crippen LogP contribution in [0.1, 0.15) is 44.6 Å². The summed E-state index contributed by atoms with van der Waals surface area (Å²) < 4.78 is 0. The van der Waals surface area contributed by atoms with Crippen LogP contribution in [0.2, 0.25) is 0 Å². The van der Waals surface area contributed by atoms with Gasteiger partial charge in [-0.2, -0.15) is 0 Å². The molecule has 0 saturated heterocycles. The molecular weight excluding hydrogens is 366 g/mol. The number of carbonyl (C=O) groups is 1. The summed E-state index contributed by atoms with van der Waals surface area (Å²) >= 11 is 1.76. The molecule has 2 fully saturated rings. The lowest BCUT2D eigenvalue weighted by Gasteiger charge is -2.35. The van der Waals surface area contributed by atoms with E-state index in [1.54, 1.807) is 11.8 Å². The predicted octanol–water partition coefficient (Wildman–Crippen LogP) is 5.35. The lowest BCUT2D eigenvalue weighted by molar-refractivity contribution is -0.132. The molecule has 150 valence electrons. The number of aliphatic carboxylic acids is 1. The molecule has 1 N–H and O–H groups in total. The topological polar surface area (TPSA) is 40.5 Å². The second kappa shape index (κ2) is 8.77. The van der Waals surface area contributed by atoms with Crippen molar-refractivity contribution in [1.82, 2.24) is 4.90 Å². The number of carboxylic acids is 1. The summed E-state index contributed by atoms with van der Waals surface area (Å²) in [6.45, 7) is 4.10. The molecule has 4 atom stereocenters. The Kier molecular flexibility index (Phi) is 6.15. The largest absolute Gasteiger partial charge is 0.478 e. The number of fused-ring (bicyclic) bond motifs is 2. The summed E-state index contributed by atoms with van der Waals surface area (Å²) in [5.74, 6) is 1.74. The van der Waals surface area contributed by atoms with Crippen LogP contribution in [0.3, 0.4) is 0 Å². The number of aryl methyl sites for hydroxylation is 1. The average Bonchev–Trinajstić information content (AvgIpc) is 3.31. The maximum atomic E-state index is 11.9. The van der Waals surface area contributed by atoms with E-state index in [1.807, 2.05) is 18.2 Å². The quantitative estimate of drug-likeness (QED) is 0.642. The fourth-order valence-corrected chi connectivity index (χ4v) is 6.43. The molecule has 1 aliphatic heterocycles. The lowest BCUT2D eigenvalue weighted by Crippen LogP contribution is -2.34. The molecule has 28 heavy (non-hydrogen) atoms. The molecule has 4 rings (SSSR count). The van der Waals surface area contributed by atoms with Crippen molar-refractivity contribution < 1.29 is 9.90 Å². The SMILES string of the molecule is CC(CCc1ccccc1)SC1=C(C(=O)O)C=CCN1CC1CC2CCC1C2. The van der Waals surface area contributed by atoms with Gasteiger partial charge < -0.3 is 10.0 Å². The normalized spacial score (nSPS) is 27.5. The molecule has 3 aliphatic rings. The Bertz CT molecular complexity index is 757. The molecular formula is C24H31NO2S. The predicted molar refractivity (Wildman–Crippen MR) is 116 cm³/mol. The Morgan fingerprint density at radius 3 is 2.75 bits per heavy atom. The van der Waals surface area contributed by atoms with Gasteiger partial charge in [0.2, 0.25) is 0 Å². The van der Waals surface area contributed by atoms with Gasteiger partial charge in [0.15, 0.2) is 0 Å². The van der Waals surface area contributed by atoms with E-state index >= 15 is 0 Å². The average molecular weight is 398 g/mol. The summed E-state index contributed by atoms with van der Waals surface area (Å²) in [5, 5.41) is 11.1. The van der Waals surface area contributed by atoms with E-state index in [-0.39, 0.29) is 0 Å². The zero-order valence-corrected chi connectivity index (χ0v) is 17.5. The third-order valence-corrected chi connectivity index (χ3v) is 8.03. The Labute approximate surface area is 172 Å². The molecule has 4 unspecified atom stereocenters. The molecule has 1 heterocycles. The highest BCUT2D eigenvalue weighted by Crippen LogP contribution is 2.49. The highest BCUT2D eigenvalue weighted by molar-refractivity contribution is 8.03. The van der Waals surface area contributed by atoms with Crippen molar-refractivity contribution in [2.45, 2.75) is 50.7 Å². The van der Waals surface area contributed by atoms with Gasteiger partial charge in [-0.3, -0.25) is 0 Å². The monoisotopic (exact) mass is 397 g/mol. The number of hydrogen-bond donors (Lipinski definition) is 1. The highest BCUT2D eigenvalue weighted by Gasteiger charge is 2.40. The number of carboxylic acid groups (broad SMARTS) is 1. The van der Waals surface area contributed by atoms with Gasteiger partial charge in [0, 0.05) is 18.3 Å². The summed E-state index contributed by atoms with van der Waals surface area (Å²) in [4.78, 5) is 14.2. The van der Waals surface area contributed by atoms with E-state index in [1.165, 1.54) is 31.2 Å². The molecule has 0 aromatic heterocycles. The van der Waals surface area contributed by atoms with Crippen molar-refractivity contribution in [1.29, 1.82) is 0 Å². The summed E-state index contributed by atoms with van der Waals surface area (Å²) in [6, 6.07) is 10.6. The van der Waals surface area contributed by atoms with Gasteiger partial charge in [-0.25, -0.2) is 4.79 Å². The van der Waals surface area contributed by atoms with Crippen molar-refractivity contribution in [3.63, 3.8) is 0 Å².